The summed E-state index contributed by atoms with van der Waals surface area (Å²) in [6.45, 7) is 7.41. The molecule has 0 aliphatic rings. The van der Waals surface area contributed by atoms with Gasteiger partial charge in [-0.25, -0.2) is 0 Å². The van der Waals surface area contributed by atoms with Crippen LogP contribution in [-0.4, -0.2) is 31.1 Å². The maximum Gasteiger partial charge on any atom is 1.00 e. The molecule has 0 aromatic rings. The minimum atomic E-state index is 0. The standard InChI is InChI=1S/C7H16NO.Na/c1-3-8(4-2)6-5-7-9;/h3-7H2,1-2H3;/q-1;+1. The molecule has 0 aromatic heterocycles. The number of hydrogen-bond donors (Lipinski definition) is 0. The molecule has 10 heavy (non-hydrogen) atoms. The summed E-state index contributed by atoms with van der Waals surface area (Å²) in [5.41, 5.74) is 0. The number of nitrogens with zero attached hydrogens (tertiary/aromatic N) is 1. The summed E-state index contributed by atoms with van der Waals surface area (Å²) in [6, 6.07) is 0. The second kappa shape index (κ2) is 9.92. The van der Waals surface area contributed by atoms with Gasteiger partial charge in [-0.15, -0.1) is 6.61 Å². The van der Waals surface area contributed by atoms with Gasteiger partial charge in [0.25, 0.3) is 0 Å². The predicted octanol–water partition coefficient (Wildman–Crippen LogP) is -2.92. The molecule has 0 unspecified atom stereocenters. The van der Waals surface area contributed by atoms with E-state index in [2.05, 4.69) is 18.7 Å². The van der Waals surface area contributed by atoms with Crippen LogP contribution < -0.4 is 34.7 Å². The molecule has 0 rings (SSSR count). The Labute approximate surface area is 85.9 Å². The smallest absolute Gasteiger partial charge is 0.854 e. The van der Waals surface area contributed by atoms with Gasteiger partial charge >= 0.3 is 29.6 Å². The minimum absolute atomic E-state index is 0. The fourth-order valence-corrected chi connectivity index (χ4v) is 0.828. The van der Waals surface area contributed by atoms with Crippen LogP contribution in [0.2, 0.25) is 0 Å². The third-order valence-corrected chi connectivity index (χ3v) is 1.51. The molecule has 0 aromatic carbocycles. The van der Waals surface area contributed by atoms with E-state index in [1.165, 1.54) is 0 Å². The van der Waals surface area contributed by atoms with Crippen LogP contribution in [0.15, 0.2) is 0 Å². The van der Waals surface area contributed by atoms with E-state index in [1.54, 1.807) is 0 Å². The van der Waals surface area contributed by atoms with Gasteiger partial charge in [-0.05, 0) is 19.6 Å². The molecule has 0 N–H and O–H groups in total. The molecular formula is C7H16NNaO. The molecule has 0 saturated carbocycles. The molecule has 0 spiro atoms. The monoisotopic (exact) mass is 153 g/mol. The zero-order valence-corrected chi connectivity index (χ0v) is 9.39. The molecule has 0 amide bonds. The Kier molecular flexibility index (Phi) is 13.4. The van der Waals surface area contributed by atoms with E-state index >= 15 is 0 Å². The van der Waals surface area contributed by atoms with Crippen molar-refractivity contribution in [3.63, 3.8) is 0 Å². The minimum Gasteiger partial charge on any atom is -0.854 e. The van der Waals surface area contributed by atoms with Crippen LogP contribution in [0.5, 0.6) is 0 Å². The van der Waals surface area contributed by atoms with E-state index in [1.807, 2.05) is 0 Å². The van der Waals surface area contributed by atoms with Crippen molar-refractivity contribution in [2.45, 2.75) is 20.3 Å². The summed E-state index contributed by atoms with van der Waals surface area (Å²) in [6.07, 6.45) is 0.793. The second-order valence-corrected chi connectivity index (χ2v) is 2.08. The van der Waals surface area contributed by atoms with E-state index in [-0.39, 0.29) is 36.2 Å². The molecule has 0 atom stereocenters. The summed E-state index contributed by atoms with van der Waals surface area (Å²) < 4.78 is 0. The SMILES string of the molecule is CCN(CC)CCC[O-].[Na+]. The summed E-state index contributed by atoms with van der Waals surface area (Å²) in [7, 11) is 0. The molecule has 0 heterocycles. The van der Waals surface area contributed by atoms with E-state index in [9.17, 15) is 5.11 Å². The van der Waals surface area contributed by atoms with Crippen LogP contribution in [0.4, 0.5) is 0 Å². The largest absolute Gasteiger partial charge is 1.00 e. The fraction of sp³-hybridized carbons (Fsp3) is 1.00. The van der Waals surface area contributed by atoms with Crippen molar-refractivity contribution in [2.75, 3.05) is 26.2 Å². The van der Waals surface area contributed by atoms with Gasteiger partial charge in [-0.2, -0.15) is 0 Å². The molecule has 0 radical (unpaired) electrons. The van der Waals surface area contributed by atoms with Gasteiger partial charge in [0.15, 0.2) is 0 Å². The second-order valence-electron chi connectivity index (χ2n) is 2.08. The molecular weight excluding hydrogens is 137 g/mol. The van der Waals surface area contributed by atoms with Gasteiger partial charge in [0.1, 0.15) is 0 Å². The molecule has 2 nitrogen and oxygen atoms in total. The quantitative estimate of drug-likeness (QED) is 0.396. The summed E-state index contributed by atoms with van der Waals surface area (Å²) in [5, 5.41) is 10.0. The Morgan fingerprint density at radius 3 is 2.00 bits per heavy atom. The van der Waals surface area contributed by atoms with Gasteiger partial charge in [0.2, 0.25) is 0 Å². The summed E-state index contributed by atoms with van der Waals surface area (Å²) >= 11 is 0. The number of hydrogen-bond acceptors (Lipinski definition) is 2. The van der Waals surface area contributed by atoms with Crippen molar-refractivity contribution in [2.24, 2.45) is 0 Å². The van der Waals surface area contributed by atoms with Crippen molar-refractivity contribution in [1.29, 1.82) is 0 Å². The maximum atomic E-state index is 10.0. The van der Waals surface area contributed by atoms with Crippen molar-refractivity contribution in [1.82, 2.24) is 4.90 Å². The Morgan fingerprint density at radius 2 is 1.70 bits per heavy atom. The average molecular weight is 153 g/mol. The first-order chi connectivity index (χ1) is 4.35. The molecule has 0 saturated heterocycles. The predicted molar refractivity (Wildman–Crippen MR) is 37.3 cm³/mol. The van der Waals surface area contributed by atoms with Crippen LogP contribution in [0.1, 0.15) is 20.3 Å². The summed E-state index contributed by atoms with van der Waals surface area (Å²) in [5.74, 6) is 0. The van der Waals surface area contributed by atoms with E-state index in [0.717, 1.165) is 26.1 Å². The van der Waals surface area contributed by atoms with Crippen molar-refractivity contribution in [3.8, 4) is 0 Å². The third kappa shape index (κ3) is 7.03. The van der Waals surface area contributed by atoms with Gasteiger partial charge in [-0.1, -0.05) is 20.3 Å². The Hall–Kier alpha value is 0.920. The molecule has 0 aliphatic carbocycles. The first-order valence-electron chi connectivity index (χ1n) is 3.65. The van der Waals surface area contributed by atoms with E-state index in [0.29, 0.717) is 0 Å². The maximum absolute atomic E-state index is 10.0. The van der Waals surface area contributed by atoms with Crippen LogP contribution in [0.25, 0.3) is 0 Å². The van der Waals surface area contributed by atoms with Crippen LogP contribution in [0.3, 0.4) is 0 Å². The fourth-order valence-electron chi connectivity index (χ4n) is 0.828. The molecule has 0 aliphatic heterocycles. The van der Waals surface area contributed by atoms with Crippen LogP contribution >= 0.6 is 0 Å². The first kappa shape index (κ1) is 13.5. The molecule has 0 fully saturated rings. The Bertz CT molecular complexity index is 57.6. The first-order valence-corrected chi connectivity index (χ1v) is 3.65. The van der Waals surface area contributed by atoms with Crippen molar-refractivity contribution in [3.05, 3.63) is 0 Å². The zero-order chi connectivity index (χ0) is 7.11. The third-order valence-electron chi connectivity index (χ3n) is 1.51. The summed E-state index contributed by atoms with van der Waals surface area (Å²) in [4.78, 5) is 2.26. The van der Waals surface area contributed by atoms with E-state index < -0.39 is 0 Å². The van der Waals surface area contributed by atoms with Gasteiger partial charge in [0, 0.05) is 0 Å². The van der Waals surface area contributed by atoms with Gasteiger partial charge < -0.3 is 10.0 Å². The van der Waals surface area contributed by atoms with Crippen molar-refractivity contribution >= 4 is 0 Å². The van der Waals surface area contributed by atoms with Crippen molar-refractivity contribution < 1.29 is 34.7 Å². The number of rotatable bonds is 5. The normalized spacial score (nSPS) is 9.60. The molecule has 0 bridgehead atoms. The van der Waals surface area contributed by atoms with Crippen LogP contribution in [-0.2, 0) is 0 Å². The topological polar surface area (TPSA) is 26.3 Å². The van der Waals surface area contributed by atoms with Gasteiger partial charge in [0.05, 0.1) is 0 Å². The molecule has 3 heteroatoms. The average Bonchev–Trinajstić information content (AvgIpc) is 1.91. The van der Waals surface area contributed by atoms with E-state index in [4.69, 9.17) is 0 Å². The van der Waals surface area contributed by atoms with Gasteiger partial charge in [-0.3, -0.25) is 0 Å². The Morgan fingerprint density at radius 1 is 1.20 bits per heavy atom. The molecule has 56 valence electrons. The Balaban J connectivity index is 0. The zero-order valence-electron chi connectivity index (χ0n) is 7.39. The van der Waals surface area contributed by atoms with Crippen LogP contribution in [0, 0.1) is 0 Å².